The predicted molar refractivity (Wildman–Crippen MR) is 112 cm³/mol. The smallest absolute Gasteiger partial charge is 0.308 e. The van der Waals surface area contributed by atoms with Crippen LogP contribution in [0.25, 0.3) is 0 Å². The van der Waals surface area contributed by atoms with Crippen molar-refractivity contribution in [2.24, 2.45) is 5.10 Å². The SMILES string of the molecule is CC(=O)Oc1ccc(/C=N\NC(=O)CN(c2ccc(C)cc2C)S(C)(=O)=O)cc1. The number of aryl methyl sites for hydroxylation is 2. The average molecular weight is 417 g/mol. The summed E-state index contributed by atoms with van der Waals surface area (Å²) in [7, 11) is -3.66. The van der Waals surface area contributed by atoms with Crippen LogP contribution in [-0.4, -0.2) is 39.3 Å². The van der Waals surface area contributed by atoms with Crippen LogP contribution in [0, 0.1) is 13.8 Å². The number of hydrogen-bond acceptors (Lipinski definition) is 6. The fourth-order valence-electron chi connectivity index (χ4n) is 2.60. The Balaban J connectivity index is 2.05. The predicted octanol–water partition coefficient (Wildman–Crippen LogP) is 2.15. The van der Waals surface area contributed by atoms with Crippen LogP contribution in [0.15, 0.2) is 47.6 Å². The van der Waals surface area contributed by atoms with Gasteiger partial charge in [-0.25, -0.2) is 13.8 Å². The molecule has 0 heterocycles. The van der Waals surface area contributed by atoms with Gasteiger partial charge < -0.3 is 4.74 Å². The summed E-state index contributed by atoms with van der Waals surface area (Å²) in [6, 6.07) is 11.8. The normalized spacial score (nSPS) is 11.3. The number of sulfonamides is 1. The van der Waals surface area contributed by atoms with Gasteiger partial charge in [-0.05, 0) is 55.3 Å². The lowest BCUT2D eigenvalue weighted by Gasteiger charge is -2.23. The van der Waals surface area contributed by atoms with Gasteiger partial charge in [0, 0.05) is 6.92 Å². The van der Waals surface area contributed by atoms with Crippen molar-refractivity contribution in [3.05, 3.63) is 59.2 Å². The molecule has 29 heavy (non-hydrogen) atoms. The number of benzene rings is 2. The first kappa shape index (κ1) is 22.1. The first-order valence-corrected chi connectivity index (χ1v) is 10.6. The van der Waals surface area contributed by atoms with Gasteiger partial charge in [-0.1, -0.05) is 17.7 Å². The molecule has 0 fully saturated rings. The van der Waals surface area contributed by atoms with Gasteiger partial charge >= 0.3 is 5.97 Å². The van der Waals surface area contributed by atoms with Gasteiger partial charge in [-0.2, -0.15) is 5.10 Å². The van der Waals surface area contributed by atoms with Crippen LogP contribution in [0.1, 0.15) is 23.6 Å². The Labute approximate surface area is 170 Å². The molecule has 0 radical (unpaired) electrons. The highest BCUT2D eigenvalue weighted by Crippen LogP contribution is 2.23. The van der Waals surface area contributed by atoms with E-state index in [1.807, 2.05) is 13.0 Å². The van der Waals surface area contributed by atoms with Crippen molar-refractivity contribution < 1.29 is 22.7 Å². The van der Waals surface area contributed by atoms with Crippen LogP contribution >= 0.6 is 0 Å². The van der Waals surface area contributed by atoms with Crippen molar-refractivity contribution in [1.29, 1.82) is 0 Å². The first-order valence-electron chi connectivity index (χ1n) is 8.71. The third-order valence-corrected chi connectivity index (χ3v) is 4.98. The van der Waals surface area contributed by atoms with Crippen molar-refractivity contribution in [3.8, 4) is 5.75 Å². The Kier molecular flexibility index (Phi) is 7.11. The summed E-state index contributed by atoms with van der Waals surface area (Å²) in [4.78, 5) is 23.1. The summed E-state index contributed by atoms with van der Waals surface area (Å²) in [6.45, 7) is 4.60. The minimum absolute atomic E-state index is 0.397. The second-order valence-corrected chi connectivity index (χ2v) is 8.42. The van der Waals surface area contributed by atoms with Crippen LogP contribution in [-0.2, 0) is 19.6 Å². The Bertz CT molecular complexity index is 1030. The topological polar surface area (TPSA) is 105 Å². The highest BCUT2D eigenvalue weighted by molar-refractivity contribution is 7.92. The number of anilines is 1. The van der Waals surface area contributed by atoms with E-state index in [4.69, 9.17) is 4.74 Å². The van der Waals surface area contributed by atoms with Crippen LogP contribution in [0.4, 0.5) is 5.69 Å². The third kappa shape index (κ3) is 6.72. The summed E-state index contributed by atoms with van der Waals surface area (Å²) in [6.07, 6.45) is 2.45. The van der Waals surface area contributed by atoms with E-state index in [0.717, 1.165) is 21.7 Å². The molecule has 0 aliphatic carbocycles. The lowest BCUT2D eigenvalue weighted by Crippen LogP contribution is -2.39. The number of ether oxygens (including phenoxy) is 1. The largest absolute Gasteiger partial charge is 0.427 e. The van der Waals surface area contributed by atoms with E-state index in [0.29, 0.717) is 17.0 Å². The van der Waals surface area contributed by atoms with E-state index in [2.05, 4.69) is 10.5 Å². The fourth-order valence-corrected chi connectivity index (χ4v) is 3.51. The second-order valence-electron chi connectivity index (χ2n) is 6.52. The molecule has 0 atom stereocenters. The molecule has 0 bridgehead atoms. The summed E-state index contributed by atoms with van der Waals surface area (Å²) >= 11 is 0. The van der Waals surface area contributed by atoms with Gasteiger partial charge in [-0.3, -0.25) is 13.9 Å². The molecular formula is C20H23N3O5S. The number of rotatable bonds is 7. The molecule has 0 saturated carbocycles. The average Bonchev–Trinajstić information content (AvgIpc) is 2.60. The number of carbonyl (C=O) groups is 2. The van der Waals surface area contributed by atoms with Gasteiger partial charge in [-0.15, -0.1) is 0 Å². The minimum atomic E-state index is -3.66. The monoisotopic (exact) mass is 417 g/mol. The minimum Gasteiger partial charge on any atom is -0.427 e. The number of nitrogens with zero attached hydrogens (tertiary/aromatic N) is 2. The van der Waals surface area contributed by atoms with Crippen LogP contribution in [0.3, 0.4) is 0 Å². The summed E-state index contributed by atoms with van der Waals surface area (Å²) in [5.74, 6) is -0.600. The van der Waals surface area contributed by atoms with Gasteiger partial charge in [0.2, 0.25) is 10.0 Å². The summed E-state index contributed by atoms with van der Waals surface area (Å²) in [5, 5.41) is 3.84. The van der Waals surface area contributed by atoms with Gasteiger partial charge in [0.25, 0.3) is 5.91 Å². The molecule has 0 spiro atoms. The molecule has 2 aromatic rings. The van der Waals surface area contributed by atoms with E-state index < -0.39 is 28.4 Å². The molecule has 1 amide bonds. The Hall–Kier alpha value is -3.20. The molecule has 1 N–H and O–H groups in total. The lowest BCUT2D eigenvalue weighted by atomic mass is 10.1. The quantitative estimate of drug-likeness (QED) is 0.322. The van der Waals surface area contributed by atoms with E-state index in [9.17, 15) is 18.0 Å². The highest BCUT2D eigenvalue weighted by atomic mass is 32.2. The van der Waals surface area contributed by atoms with Gasteiger partial charge in [0.1, 0.15) is 12.3 Å². The standard InChI is InChI=1S/C20H23N3O5S/c1-14-5-10-19(15(2)11-14)23(29(4,26)27)13-20(25)22-21-12-17-6-8-18(9-7-17)28-16(3)24/h5-12H,13H2,1-4H3,(H,22,25)/b21-12-. The van der Waals surface area contributed by atoms with E-state index in [1.54, 1.807) is 43.3 Å². The molecule has 2 aromatic carbocycles. The molecule has 0 unspecified atom stereocenters. The van der Waals surface area contributed by atoms with Crippen LogP contribution in [0.2, 0.25) is 0 Å². The molecule has 9 heteroatoms. The third-order valence-electron chi connectivity index (χ3n) is 3.85. The second kappa shape index (κ2) is 9.33. The number of nitrogens with one attached hydrogen (secondary N) is 1. The van der Waals surface area contributed by atoms with Crippen LogP contribution in [0.5, 0.6) is 5.75 Å². The zero-order valence-electron chi connectivity index (χ0n) is 16.7. The maximum atomic E-state index is 12.2. The molecule has 0 aliphatic heterocycles. The van der Waals surface area contributed by atoms with Crippen molar-refractivity contribution in [2.45, 2.75) is 20.8 Å². The Morgan fingerprint density at radius 3 is 2.34 bits per heavy atom. The molecular weight excluding hydrogens is 394 g/mol. The number of carbonyl (C=O) groups excluding carboxylic acids is 2. The van der Waals surface area contributed by atoms with E-state index in [1.165, 1.54) is 13.1 Å². The van der Waals surface area contributed by atoms with E-state index in [-0.39, 0.29) is 0 Å². The zero-order valence-corrected chi connectivity index (χ0v) is 17.5. The molecule has 0 aliphatic rings. The van der Waals surface area contributed by atoms with Gasteiger partial charge in [0.15, 0.2) is 0 Å². The fraction of sp³-hybridized carbons (Fsp3) is 0.250. The number of esters is 1. The molecule has 8 nitrogen and oxygen atoms in total. The van der Waals surface area contributed by atoms with Crippen molar-refractivity contribution in [2.75, 3.05) is 17.1 Å². The molecule has 0 saturated heterocycles. The zero-order chi connectivity index (χ0) is 21.6. The number of hydrazone groups is 1. The van der Waals surface area contributed by atoms with Crippen molar-refractivity contribution in [3.63, 3.8) is 0 Å². The Morgan fingerprint density at radius 2 is 1.79 bits per heavy atom. The first-order chi connectivity index (χ1) is 13.6. The summed E-state index contributed by atoms with van der Waals surface area (Å²) < 4.78 is 30.3. The van der Waals surface area contributed by atoms with Crippen LogP contribution < -0.4 is 14.5 Å². The molecule has 0 aromatic heterocycles. The maximum absolute atomic E-state index is 12.2. The Morgan fingerprint density at radius 1 is 1.14 bits per heavy atom. The van der Waals surface area contributed by atoms with Crippen molar-refractivity contribution >= 4 is 33.8 Å². The highest BCUT2D eigenvalue weighted by Gasteiger charge is 2.22. The lowest BCUT2D eigenvalue weighted by molar-refractivity contribution is -0.131. The molecule has 2 rings (SSSR count). The van der Waals surface area contributed by atoms with Crippen molar-refractivity contribution in [1.82, 2.24) is 5.43 Å². The molecule has 154 valence electrons. The van der Waals surface area contributed by atoms with Gasteiger partial charge in [0.05, 0.1) is 18.2 Å². The maximum Gasteiger partial charge on any atom is 0.308 e. The number of hydrogen-bond donors (Lipinski definition) is 1. The summed E-state index contributed by atoms with van der Waals surface area (Å²) in [5.41, 5.74) is 5.17. The number of amides is 1. The van der Waals surface area contributed by atoms with E-state index >= 15 is 0 Å².